The van der Waals surface area contributed by atoms with Gasteiger partial charge in [0.15, 0.2) is 0 Å². The van der Waals surface area contributed by atoms with E-state index in [4.69, 9.17) is 9.47 Å². The second-order valence-electron chi connectivity index (χ2n) is 9.09. The van der Waals surface area contributed by atoms with Crippen molar-refractivity contribution in [3.8, 4) is 16.9 Å². The van der Waals surface area contributed by atoms with Gasteiger partial charge in [-0.3, -0.25) is 14.1 Å². The number of nitrogens with zero attached hydrogens (tertiary/aromatic N) is 4. The van der Waals surface area contributed by atoms with Gasteiger partial charge in [-0.05, 0) is 62.3 Å². The van der Waals surface area contributed by atoms with Crippen LogP contribution < -0.4 is 10.4 Å². The summed E-state index contributed by atoms with van der Waals surface area (Å²) in [6, 6.07) is 14.6. The molecular formula is C26H30N4O3. The molecule has 1 fully saturated rings. The molecule has 0 atom stereocenters. The lowest BCUT2D eigenvalue weighted by Crippen LogP contribution is -2.37. The predicted octanol–water partition coefficient (Wildman–Crippen LogP) is 3.85. The Morgan fingerprint density at radius 1 is 1.09 bits per heavy atom. The Morgan fingerprint density at radius 2 is 1.82 bits per heavy atom. The van der Waals surface area contributed by atoms with E-state index in [1.807, 2.05) is 50.1 Å². The largest absolute Gasteiger partial charge is 0.492 e. The van der Waals surface area contributed by atoms with Gasteiger partial charge in [0.25, 0.3) is 0 Å². The molecule has 0 saturated heterocycles. The van der Waals surface area contributed by atoms with Gasteiger partial charge in [-0.1, -0.05) is 18.2 Å². The van der Waals surface area contributed by atoms with Gasteiger partial charge in [0.05, 0.1) is 28.9 Å². The summed E-state index contributed by atoms with van der Waals surface area (Å²) < 4.78 is 14.9. The number of likely N-dealkylation sites (N-methyl/N-ethyl adjacent to an activating group) is 1. The van der Waals surface area contributed by atoms with Crippen molar-refractivity contribution in [3.63, 3.8) is 0 Å². The average molecular weight is 447 g/mol. The number of methoxy groups -OCH3 is 1. The standard InChI is InChI=1S/C26H30N4O3/c1-28(2)11-12-33-20-8-5-17(6-9-20)18-7-10-23-22(13-18)25-24(16-27-23)29(3)26(31)30(25)19-14-21(15-19)32-4/h5-10,13,16,19,21H,11-12,14-15H2,1-4H3/t19-,21+. The summed E-state index contributed by atoms with van der Waals surface area (Å²) in [4.78, 5) is 19.9. The van der Waals surface area contributed by atoms with Gasteiger partial charge in [0, 0.05) is 32.1 Å². The first-order valence-electron chi connectivity index (χ1n) is 11.4. The quantitative estimate of drug-likeness (QED) is 0.432. The summed E-state index contributed by atoms with van der Waals surface area (Å²) in [5.74, 6) is 0.861. The van der Waals surface area contributed by atoms with E-state index in [1.165, 1.54) is 0 Å². The van der Waals surface area contributed by atoms with Gasteiger partial charge in [0.1, 0.15) is 12.4 Å². The number of imidazole rings is 1. The van der Waals surface area contributed by atoms with Crippen molar-refractivity contribution >= 4 is 21.9 Å². The maximum absolute atomic E-state index is 13.1. The van der Waals surface area contributed by atoms with E-state index in [9.17, 15) is 4.79 Å². The molecule has 0 bridgehead atoms. The van der Waals surface area contributed by atoms with Crippen molar-refractivity contribution in [1.82, 2.24) is 19.0 Å². The number of pyridine rings is 1. The molecule has 2 heterocycles. The summed E-state index contributed by atoms with van der Waals surface area (Å²) >= 11 is 0. The van der Waals surface area contributed by atoms with Crippen molar-refractivity contribution < 1.29 is 9.47 Å². The predicted molar refractivity (Wildman–Crippen MR) is 131 cm³/mol. The molecule has 0 unspecified atom stereocenters. The lowest BCUT2D eigenvalue weighted by Gasteiger charge is -2.34. The molecule has 7 nitrogen and oxygen atoms in total. The highest BCUT2D eigenvalue weighted by atomic mass is 16.5. The van der Waals surface area contributed by atoms with Crippen LogP contribution in [0.25, 0.3) is 33.1 Å². The smallest absolute Gasteiger partial charge is 0.329 e. The van der Waals surface area contributed by atoms with E-state index in [0.717, 1.165) is 58.2 Å². The highest BCUT2D eigenvalue weighted by Gasteiger charge is 2.33. The lowest BCUT2D eigenvalue weighted by molar-refractivity contribution is 0.00635. The van der Waals surface area contributed by atoms with Crippen LogP contribution in [-0.2, 0) is 11.8 Å². The van der Waals surface area contributed by atoms with Gasteiger partial charge >= 0.3 is 5.69 Å². The Bertz CT molecular complexity index is 1350. The average Bonchev–Trinajstić information content (AvgIpc) is 3.04. The zero-order chi connectivity index (χ0) is 23.1. The molecular weight excluding hydrogens is 416 g/mol. The van der Waals surface area contributed by atoms with Crippen molar-refractivity contribution in [1.29, 1.82) is 0 Å². The fourth-order valence-corrected chi connectivity index (χ4v) is 4.58. The molecule has 172 valence electrons. The number of ether oxygens (including phenoxy) is 2. The minimum Gasteiger partial charge on any atom is -0.492 e. The Kier molecular flexibility index (Phi) is 5.68. The third-order valence-electron chi connectivity index (χ3n) is 6.68. The van der Waals surface area contributed by atoms with E-state index < -0.39 is 0 Å². The van der Waals surface area contributed by atoms with E-state index in [0.29, 0.717) is 6.61 Å². The molecule has 1 aliphatic carbocycles. The molecule has 33 heavy (non-hydrogen) atoms. The number of aryl methyl sites for hydroxylation is 1. The summed E-state index contributed by atoms with van der Waals surface area (Å²) in [6.07, 6.45) is 3.74. The molecule has 2 aromatic carbocycles. The summed E-state index contributed by atoms with van der Waals surface area (Å²) in [5.41, 5.74) is 4.89. The van der Waals surface area contributed by atoms with Crippen LogP contribution >= 0.6 is 0 Å². The molecule has 1 saturated carbocycles. The molecule has 1 aliphatic rings. The number of aromatic nitrogens is 3. The highest BCUT2D eigenvalue weighted by Crippen LogP contribution is 2.37. The first-order valence-corrected chi connectivity index (χ1v) is 11.4. The van der Waals surface area contributed by atoms with Crippen LogP contribution in [0, 0.1) is 0 Å². The summed E-state index contributed by atoms with van der Waals surface area (Å²) in [5, 5.41) is 0.995. The number of hydrogen-bond acceptors (Lipinski definition) is 5. The Hall–Kier alpha value is -3.16. The van der Waals surface area contributed by atoms with Crippen LogP contribution in [0.2, 0.25) is 0 Å². The number of rotatable bonds is 7. The molecule has 0 spiro atoms. The second kappa shape index (κ2) is 8.65. The normalized spacial score (nSPS) is 18.2. The SMILES string of the molecule is CO[C@H]1C[C@@H](n2c(=O)n(C)c3cnc4ccc(-c5ccc(OCCN(C)C)cc5)cc4c32)C1. The first kappa shape index (κ1) is 21.7. The van der Waals surface area contributed by atoms with Crippen LogP contribution in [0.3, 0.4) is 0 Å². The second-order valence-corrected chi connectivity index (χ2v) is 9.09. The minimum absolute atomic E-state index is 0.00322. The molecule has 5 rings (SSSR count). The molecule has 2 aromatic heterocycles. The molecule has 0 radical (unpaired) electrons. The van der Waals surface area contributed by atoms with E-state index in [1.54, 1.807) is 11.7 Å². The van der Waals surface area contributed by atoms with E-state index in [2.05, 4.69) is 34.1 Å². The van der Waals surface area contributed by atoms with Crippen LogP contribution in [0.4, 0.5) is 0 Å². The zero-order valence-electron chi connectivity index (χ0n) is 19.6. The van der Waals surface area contributed by atoms with Crippen molar-refractivity contribution in [2.45, 2.75) is 25.0 Å². The maximum atomic E-state index is 13.1. The topological polar surface area (TPSA) is 61.5 Å². The van der Waals surface area contributed by atoms with Crippen LogP contribution in [-0.4, -0.2) is 59.5 Å². The Labute approximate surface area is 193 Å². The van der Waals surface area contributed by atoms with Gasteiger partial charge in [-0.2, -0.15) is 0 Å². The number of hydrogen-bond donors (Lipinski definition) is 0. The lowest BCUT2D eigenvalue weighted by atomic mass is 9.89. The third kappa shape index (κ3) is 3.92. The Balaban J connectivity index is 1.54. The van der Waals surface area contributed by atoms with Gasteiger partial charge < -0.3 is 14.4 Å². The molecule has 0 N–H and O–H groups in total. The minimum atomic E-state index is 0.00322. The number of fused-ring (bicyclic) bond motifs is 3. The monoisotopic (exact) mass is 446 g/mol. The number of benzene rings is 2. The van der Waals surface area contributed by atoms with Gasteiger partial charge in [-0.25, -0.2) is 4.79 Å². The first-order chi connectivity index (χ1) is 16.0. The molecule has 4 aromatic rings. The van der Waals surface area contributed by atoms with Gasteiger partial charge in [-0.15, -0.1) is 0 Å². The molecule has 7 heteroatoms. The van der Waals surface area contributed by atoms with Gasteiger partial charge in [0.2, 0.25) is 0 Å². The van der Waals surface area contributed by atoms with Crippen molar-refractivity contribution in [2.24, 2.45) is 7.05 Å². The molecule has 0 amide bonds. The Morgan fingerprint density at radius 3 is 2.52 bits per heavy atom. The third-order valence-corrected chi connectivity index (χ3v) is 6.68. The fourth-order valence-electron chi connectivity index (χ4n) is 4.58. The van der Waals surface area contributed by atoms with Crippen LogP contribution in [0.15, 0.2) is 53.5 Å². The van der Waals surface area contributed by atoms with Crippen LogP contribution in [0.1, 0.15) is 18.9 Å². The highest BCUT2D eigenvalue weighted by molar-refractivity contribution is 6.04. The van der Waals surface area contributed by atoms with E-state index >= 15 is 0 Å². The maximum Gasteiger partial charge on any atom is 0.329 e. The zero-order valence-corrected chi connectivity index (χ0v) is 19.6. The molecule has 0 aliphatic heterocycles. The van der Waals surface area contributed by atoms with Crippen LogP contribution in [0.5, 0.6) is 5.75 Å². The summed E-state index contributed by atoms with van der Waals surface area (Å²) in [7, 11) is 7.62. The van der Waals surface area contributed by atoms with Crippen molar-refractivity contribution in [3.05, 3.63) is 59.1 Å². The fraction of sp³-hybridized carbons (Fsp3) is 0.385. The van der Waals surface area contributed by atoms with Crippen molar-refractivity contribution in [2.75, 3.05) is 34.4 Å². The van der Waals surface area contributed by atoms with E-state index in [-0.39, 0.29) is 17.8 Å². The summed E-state index contributed by atoms with van der Waals surface area (Å²) in [6.45, 7) is 1.53.